The normalized spacial score (nSPS) is 13.1. The third-order valence-corrected chi connectivity index (χ3v) is 2.73. The van der Waals surface area contributed by atoms with Gasteiger partial charge in [-0.2, -0.15) is 0 Å². The fourth-order valence-electron chi connectivity index (χ4n) is 1.67. The quantitative estimate of drug-likeness (QED) is 0.760. The lowest BCUT2D eigenvalue weighted by atomic mass is 10.1. The largest absolute Gasteiger partial charge is 0.317 e. The highest BCUT2D eigenvalue weighted by Crippen LogP contribution is 2.07. The molecule has 0 radical (unpaired) electrons. The summed E-state index contributed by atoms with van der Waals surface area (Å²) >= 11 is 0. The summed E-state index contributed by atoms with van der Waals surface area (Å²) in [5.41, 5.74) is 1.17. The molecule has 1 atom stereocenters. The molecule has 0 spiro atoms. The summed E-state index contributed by atoms with van der Waals surface area (Å²) in [6.45, 7) is 2.23. The number of nitrogens with one attached hydrogen (secondary N) is 1. The van der Waals surface area contributed by atoms with Crippen LogP contribution in [0, 0.1) is 0 Å². The minimum Gasteiger partial charge on any atom is -0.317 e. The molecular formula is C14H22N2. The first-order valence-electron chi connectivity index (χ1n) is 6.10. The van der Waals surface area contributed by atoms with Gasteiger partial charge in [-0.15, -0.1) is 0 Å². The van der Waals surface area contributed by atoms with Crippen molar-refractivity contribution in [2.24, 2.45) is 0 Å². The number of aromatic nitrogens is 1. The Morgan fingerprint density at radius 1 is 1.50 bits per heavy atom. The molecule has 0 aliphatic heterocycles. The summed E-state index contributed by atoms with van der Waals surface area (Å²) in [5, 5.41) is 3.36. The predicted octanol–water partition coefficient (Wildman–Crippen LogP) is 3.26. The van der Waals surface area contributed by atoms with Crippen LogP contribution in [0.1, 0.15) is 38.2 Å². The van der Waals surface area contributed by atoms with Crippen LogP contribution in [0.25, 0.3) is 6.08 Å². The molecule has 0 aromatic carbocycles. The Hall–Kier alpha value is -1.15. The number of unbranched alkanes of at least 4 members (excludes halogenated alkanes) is 1. The third-order valence-electron chi connectivity index (χ3n) is 2.73. The second-order valence-electron chi connectivity index (χ2n) is 4.05. The van der Waals surface area contributed by atoms with Gasteiger partial charge in [0.1, 0.15) is 0 Å². The second kappa shape index (κ2) is 8.05. The van der Waals surface area contributed by atoms with E-state index in [2.05, 4.69) is 35.4 Å². The first-order chi connectivity index (χ1) is 7.86. The smallest absolute Gasteiger partial charge is 0.0340 e. The first kappa shape index (κ1) is 12.9. The van der Waals surface area contributed by atoms with E-state index in [1.54, 1.807) is 6.20 Å². The summed E-state index contributed by atoms with van der Waals surface area (Å²) in [5.74, 6) is 0. The van der Waals surface area contributed by atoms with Crippen LogP contribution in [0.3, 0.4) is 0 Å². The molecule has 0 fully saturated rings. The molecule has 0 aliphatic rings. The van der Waals surface area contributed by atoms with Gasteiger partial charge in [0.2, 0.25) is 0 Å². The molecule has 1 heterocycles. The first-order valence-corrected chi connectivity index (χ1v) is 6.10. The Bertz CT molecular complexity index is 293. The number of rotatable bonds is 7. The molecule has 0 bridgehead atoms. The molecule has 2 heteroatoms. The van der Waals surface area contributed by atoms with E-state index in [0.717, 1.165) is 6.42 Å². The average Bonchev–Trinajstić information content (AvgIpc) is 2.35. The topological polar surface area (TPSA) is 24.9 Å². The minimum absolute atomic E-state index is 0.605. The standard InChI is InChI=1S/C14H22N2/c1-3-4-9-14(15-2)10-5-7-13-8-6-11-16-12-13/h5-8,11-12,14-15H,3-4,9-10H2,1-2H3. The van der Waals surface area contributed by atoms with Crippen LogP contribution in [0.15, 0.2) is 30.6 Å². The molecule has 1 aromatic rings. The van der Waals surface area contributed by atoms with Crippen molar-refractivity contribution < 1.29 is 0 Å². The van der Waals surface area contributed by atoms with Crippen molar-refractivity contribution in [1.82, 2.24) is 10.3 Å². The summed E-state index contributed by atoms with van der Waals surface area (Å²) in [6, 6.07) is 4.64. The van der Waals surface area contributed by atoms with Gasteiger partial charge in [-0.05, 0) is 31.5 Å². The Morgan fingerprint density at radius 2 is 2.38 bits per heavy atom. The number of hydrogen-bond acceptors (Lipinski definition) is 2. The number of hydrogen-bond donors (Lipinski definition) is 1. The second-order valence-corrected chi connectivity index (χ2v) is 4.05. The van der Waals surface area contributed by atoms with E-state index in [4.69, 9.17) is 0 Å². The molecule has 1 aromatic heterocycles. The van der Waals surface area contributed by atoms with Crippen molar-refractivity contribution in [3.8, 4) is 0 Å². The van der Waals surface area contributed by atoms with E-state index >= 15 is 0 Å². The zero-order valence-electron chi connectivity index (χ0n) is 10.3. The van der Waals surface area contributed by atoms with Crippen LogP contribution < -0.4 is 5.32 Å². The van der Waals surface area contributed by atoms with Crippen LogP contribution >= 0.6 is 0 Å². The van der Waals surface area contributed by atoms with Crippen LogP contribution in [0.2, 0.25) is 0 Å². The lowest BCUT2D eigenvalue weighted by Crippen LogP contribution is -2.24. The van der Waals surface area contributed by atoms with E-state index in [-0.39, 0.29) is 0 Å². The lowest BCUT2D eigenvalue weighted by Gasteiger charge is -2.12. The van der Waals surface area contributed by atoms with Crippen molar-refractivity contribution in [3.05, 3.63) is 36.2 Å². The van der Waals surface area contributed by atoms with Crippen LogP contribution in [-0.2, 0) is 0 Å². The van der Waals surface area contributed by atoms with Gasteiger partial charge >= 0.3 is 0 Å². The maximum atomic E-state index is 4.09. The van der Waals surface area contributed by atoms with Gasteiger partial charge < -0.3 is 5.32 Å². The Kier molecular flexibility index (Phi) is 6.50. The zero-order valence-corrected chi connectivity index (χ0v) is 10.3. The van der Waals surface area contributed by atoms with E-state index < -0.39 is 0 Å². The van der Waals surface area contributed by atoms with Gasteiger partial charge in [0, 0.05) is 18.4 Å². The van der Waals surface area contributed by atoms with Gasteiger partial charge in [-0.25, -0.2) is 0 Å². The Morgan fingerprint density at radius 3 is 3.00 bits per heavy atom. The molecule has 1 rings (SSSR count). The van der Waals surface area contributed by atoms with Gasteiger partial charge in [0.15, 0.2) is 0 Å². The lowest BCUT2D eigenvalue weighted by molar-refractivity contribution is 0.506. The van der Waals surface area contributed by atoms with Gasteiger partial charge in [0.05, 0.1) is 0 Å². The van der Waals surface area contributed by atoms with Crippen molar-refractivity contribution in [1.29, 1.82) is 0 Å². The summed E-state index contributed by atoms with van der Waals surface area (Å²) in [7, 11) is 2.04. The van der Waals surface area contributed by atoms with Crippen LogP contribution in [-0.4, -0.2) is 18.1 Å². The molecular weight excluding hydrogens is 196 g/mol. The molecule has 1 unspecified atom stereocenters. The van der Waals surface area contributed by atoms with E-state index in [1.807, 2.05) is 19.3 Å². The highest BCUT2D eigenvalue weighted by molar-refractivity contribution is 5.47. The van der Waals surface area contributed by atoms with Gasteiger partial charge in [-0.3, -0.25) is 4.98 Å². The van der Waals surface area contributed by atoms with E-state index in [1.165, 1.54) is 24.8 Å². The maximum absolute atomic E-state index is 4.09. The molecule has 0 saturated heterocycles. The van der Waals surface area contributed by atoms with Crippen molar-refractivity contribution in [2.45, 2.75) is 38.6 Å². The Labute approximate surface area is 98.8 Å². The highest BCUT2D eigenvalue weighted by atomic mass is 14.9. The molecule has 0 saturated carbocycles. The number of pyridine rings is 1. The average molecular weight is 218 g/mol. The molecule has 0 amide bonds. The highest BCUT2D eigenvalue weighted by Gasteiger charge is 2.01. The fourth-order valence-corrected chi connectivity index (χ4v) is 1.67. The van der Waals surface area contributed by atoms with Crippen molar-refractivity contribution >= 4 is 6.08 Å². The van der Waals surface area contributed by atoms with Gasteiger partial charge in [0.25, 0.3) is 0 Å². The predicted molar refractivity (Wildman–Crippen MR) is 70.3 cm³/mol. The van der Waals surface area contributed by atoms with Crippen LogP contribution in [0.4, 0.5) is 0 Å². The number of nitrogens with zero attached hydrogens (tertiary/aromatic N) is 1. The summed E-state index contributed by atoms with van der Waals surface area (Å²) in [6.07, 6.45) is 13.0. The van der Waals surface area contributed by atoms with Gasteiger partial charge in [-0.1, -0.05) is 38.0 Å². The van der Waals surface area contributed by atoms with E-state index in [9.17, 15) is 0 Å². The minimum atomic E-state index is 0.605. The molecule has 88 valence electrons. The molecule has 2 nitrogen and oxygen atoms in total. The van der Waals surface area contributed by atoms with Crippen molar-refractivity contribution in [2.75, 3.05) is 7.05 Å². The SMILES string of the molecule is CCCCC(CC=Cc1cccnc1)NC. The monoisotopic (exact) mass is 218 g/mol. The molecule has 0 aliphatic carbocycles. The molecule has 1 N–H and O–H groups in total. The zero-order chi connectivity index (χ0) is 11.6. The fraction of sp³-hybridized carbons (Fsp3) is 0.500. The van der Waals surface area contributed by atoms with E-state index in [0.29, 0.717) is 6.04 Å². The maximum Gasteiger partial charge on any atom is 0.0340 e. The summed E-state index contributed by atoms with van der Waals surface area (Å²) < 4.78 is 0. The Balaban J connectivity index is 2.34. The van der Waals surface area contributed by atoms with Crippen LogP contribution in [0.5, 0.6) is 0 Å². The summed E-state index contributed by atoms with van der Waals surface area (Å²) in [4.78, 5) is 4.09. The van der Waals surface area contributed by atoms with Crippen molar-refractivity contribution in [3.63, 3.8) is 0 Å². The third kappa shape index (κ3) is 5.08. The molecule has 16 heavy (non-hydrogen) atoms.